The fraction of sp³-hybridized carbons (Fsp3) is 0.333. The van der Waals surface area contributed by atoms with Gasteiger partial charge in [-0.2, -0.15) is 5.26 Å². The van der Waals surface area contributed by atoms with Crippen molar-refractivity contribution in [3.63, 3.8) is 0 Å². The van der Waals surface area contributed by atoms with Crippen LogP contribution in [-0.2, 0) is 11.2 Å². The standard InChI is InChI=1S/C24H28N2O3Si/c1-6-15-29-22-13-7-18(16-23(22)28-2)8-14-24(27)26-21(17-25)19-9-11-20(12-10-19)30(3,4)5/h1,7,9-13,16,21H,8,14-15H2,2-5H3,(H,26,27). The first kappa shape index (κ1) is 23.1. The van der Waals surface area contributed by atoms with E-state index >= 15 is 0 Å². The SMILES string of the molecule is C#CCOc1ccc(CCC(=O)NC(C#N)c2ccc([Si](C)(C)C)cc2)cc1OC. The van der Waals surface area contributed by atoms with E-state index < -0.39 is 14.1 Å². The molecule has 2 rings (SSSR count). The third-order valence-corrected chi connectivity index (χ3v) is 6.79. The highest BCUT2D eigenvalue weighted by molar-refractivity contribution is 6.88. The Morgan fingerprint density at radius 3 is 2.43 bits per heavy atom. The smallest absolute Gasteiger partial charge is 0.221 e. The van der Waals surface area contributed by atoms with Crippen LogP contribution in [0.1, 0.15) is 23.6 Å². The van der Waals surface area contributed by atoms with Gasteiger partial charge in [0.2, 0.25) is 5.91 Å². The van der Waals surface area contributed by atoms with E-state index in [4.69, 9.17) is 15.9 Å². The van der Waals surface area contributed by atoms with Gasteiger partial charge in [0.25, 0.3) is 0 Å². The van der Waals surface area contributed by atoms with E-state index in [1.807, 2.05) is 24.3 Å². The molecule has 2 aromatic rings. The first-order chi connectivity index (χ1) is 14.3. The van der Waals surface area contributed by atoms with Gasteiger partial charge in [0.15, 0.2) is 11.5 Å². The Morgan fingerprint density at radius 1 is 1.17 bits per heavy atom. The van der Waals surface area contributed by atoms with Crippen molar-refractivity contribution < 1.29 is 14.3 Å². The number of terminal acetylenes is 1. The van der Waals surface area contributed by atoms with E-state index in [2.05, 4.69) is 49.1 Å². The summed E-state index contributed by atoms with van der Waals surface area (Å²) in [6.07, 6.45) is 6.00. The number of rotatable bonds is 9. The lowest BCUT2D eigenvalue weighted by Crippen LogP contribution is -2.37. The van der Waals surface area contributed by atoms with Gasteiger partial charge in [-0.1, -0.05) is 61.1 Å². The molecule has 0 heterocycles. The first-order valence-corrected chi connectivity index (χ1v) is 13.3. The Hall–Kier alpha value is -3.22. The third-order valence-electron chi connectivity index (χ3n) is 4.72. The molecule has 0 aliphatic rings. The molecule has 1 atom stereocenters. The van der Waals surface area contributed by atoms with Gasteiger partial charge in [0.05, 0.1) is 21.3 Å². The second-order valence-corrected chi connectivity index (χ2v) is 13.1. The van der Waals surface area contributed by atoms with Gasteiger partial charge in [-0.3, -0.25) is 4.79 Å². The normalized spacial score (nSPS) is 11.7. The summed E-state index contributed by atoms with van der Waals surface area (Å²) in [5, 5.41) is 13.6. The number of aryl methyl sites for hydroxylation is 1. The van der Waals surface area contributed by atoms with E-state index in [0.29, 0.717) is 17.9 Å². The van der Waals surface area contributed by atoms with Crippen molar-refractivity contribution >= 4 is 19.2 Å². The molecule has 2 aromatic carbocycles. The molecule has 0 aliphatic carbocycles. The third kappa shape index (κ3) is 6.40. The number of methoxy groups -OCH3 is 1. The number of nitrogens with zero attached hydrogens (tertiary/aromatic N) is 1. The van der Waals surface area contributed by atoms with Crippen molar-refractivity contribution in [2.24, 2.45) is 0 Å². The highest BCUT2D eigenvalue weighted by atomic mass is 28.3. The van der Waals surface area contributed by atoms with Crippen molar-refractivity contribution in [1.29, 1.82) is 5.26 Å². The molecule has 156 valence electrons. The molecule has 0 fully saturated rings. The highest BCUT2D eigenvalue weighted by Gasteiger charge is 2.18. The monoisotopic (exact) mass is 420 g/mol. The molecule has 0 saturated carbocycles. The fourth-order valence-electron chi connectivity index (χ4n) is 2.96. The van der Waals surface area contributed by atoms with Crippen LogP contribution in [0, 0.1) is 23.7 Å². The minimum absolute atomic E-state index is 0.159. The van der Waals surface area contributed by atoms with Crippen LogP contribution in [-0.4, -0.2) is 27.7 Å². The molecule has 1 unspecified atom stereocenters. The van der Waals surface area contributed by atoms with Gasteiger partial charge < -0.3 is 14.8 Å². The molecule has 0 bridgehead atoms. The zero-order chi connectivity index (χ0) is 22.1. The van der Waals surface area contributed by atoms with Gasteiger partial charge in [0.1, 0.15) is 12.6 Å². The van der Waals surface area contributed by atoms with Crippen LogP contribution in [0.5, 0.6) is 11.5 Å². The summed E-state index contributed by atoms with van der Waals surface area (Å²) in [7, 11) is 0.153. The molecule has 0 aliphatic heterocycles. The Labute approximate surface area is 180 Å². The zero-order valence-electron chi connectivity index (χ0n) is 18.0. The number of nitriles is 1. The average Bonchev–Trinajstić information content (AvgIpc) is 2.74. The minimum Gasteiger partial charge on any atom is -0.493 e. The molecule has 30 heavy (non-hydrogen) atoms. The van der Waals surface area contributed by atoms with Gasteiger partial charge in [0, 0.05) is 6.42 Å². The average molecular weight is 421 g/mol. The molecule has 1 N–H and O–H groups in total. The Morgan fingerprint density at radius 2 is 1.87 bits per heavy atom. The second kappa shape index (κ2) is 10.5. The lowest BCUT2D eigenvalue weighted by Gasteiger charge is -2.18. The summed E-state index contributed by atoms with van der Waals surface area (Å²) in [5.41, 5.74) is 1.73. The lowest BCUT2D eigenvalue weighted by atomic mass is 10.1. The van der Waals surface area contributed by atoms with Gasteiger partial charge in [-0.05, 0) is 29.7 Å². The summed E-state index contributed by atoms with van der Waals surface area (Å²) >= 11 is 0. The molecule has 1 amide bonds. The molecule has 0 spiro atoms. The van der Waals surface area contributed by atoms with Crippen LogP contribution in [0.4, 0.5) is 0 Å². The quantitative estimate of drug-likeness (QED) is 0.497. The van der Waals surface area contributed by atoms with Gasteiger partial charge >= 0.3 is 0 Å². The highest BCUT2D eigenvalue weighted by Crippen LogP contribution is 2.28. The summed E-state index contributed by atoms with van der Waals surface area (Å²) in [5.74, 6) is 3.37. The predicted molar refractivity (Wildman–Crippen MR) is 122 cm³/mol. The van der Waals surface area contributed by atoms with E-state index in [1.54, 1.807) is 13.2 Å². The lowest BCUT2D eigenvalue weighted by molar-refractivity contribution is -0.121. The second-order valence-electron chi connectivity index (χ2n) is 7.98. The minimum atomic E-state index is -1.40. The number of hydrogen-bond donors (Lipinski definition) is 1. The van der Waals surface area contributed by atoms with E-state index in [0.717, 1.165) is 11.1 Å². The van der Waals surface area contributed by atoms with Crippen LogP contribution in [0.2, 0.25) is 19.6 Å². The molecule has 0 aromatic heterocycles. The Balaban J connectivity index is 1.97. The maximum Gasteiger partial charge on any atom is 0.221 e. The van der Waals surface area contributed by atoms with Crippen LogP contribution >= 0.6 is 0 Å². The summed E-state index contributed by atoms with van der Waals surface area (Å²) in [4.78, 5) is 12.4. The molecule has 0 saturated heterocycles. The summed E-state index contributed by atoms with van der Waals surface area (Å²) in [6.45, 7) is 6.98. The molecule has 6 heteroatoms. The summed E-state index contributed by atoms with van der Waals surface area (Å²) < 4.78 is 10.8. The van der Waals surface area contributed by atoms with Gasteiger partial charge in [-0.25, -0.2) is 0 Å². The molecular formula is C24H28N2O3Si. The molecule has 5 nitrogen and oxygen atoms in total. The van der Waals surface area contributed by atoms with Gasteiger partial charge in [-0.15, -0.1) is 6.42 Å². The topological polar surface area (TPSA) is 71.3 Å². The van der Waals surface area contributed by atoms with Crippen LogP contribution in [0.15, 0.2) is 42.5 Å². The van der Waals surface area contributed by atoms with E-state index in [-0.39, 0.29) is 18.9 Å². The Kier molecular flexibility index (Phi) is 8.09. The maximum absolute atomic E-state index is 12.4. The predicted octanol–water partition coefficient (Wildman–Crippen LogP) is 3.57. The van der Waals surface area contributed by atoms with Crippen molar-refractivity contribution in [2.75, 3.05) is 13.7 Å². The van der Waals surface area contributed by atoms with Crippen molar-refractivity contribution in [3.8, 4) is 29.9 Å². The van der Waals surface area contributed by atoms with Crippen LogP contribution < -0.4 is 20.0 Å². The number of nitrogens with one attached hydrogen (secondary N) is 1. The first-order valence-electron chi connectivity index (χ1n) is 9.81. The zero-order valence-corrected chi connectivity index (χ0v) is 19.0. The van der Waals surface area contributed by atoms with Crippen molar-refractivity contribution in [2.45, 2.75) is 38.5 Å². The van der Waals surface area contributed by atoms with Crippen LogP contribution in [0.3, 0.4) is 0 Å². The number of amides is 1. The number of hydrogen-bond acceptors (Lipinski definition) is 4. The number of carbonyl (C=O) groups excluding carboxylic acids is 1. The number of ether oxygens (including phenoxy) is 2. The molecule has 0 radical (unpaired) electrons. The number of carbonyl (C=O) groups is 1. The Bertz CT molecular complexity index is 950. The van der Waals surface area contributed by atoms with Crippen molar-refractivity contribution in [1.82, 2.24) is 5.32 Å². The van der Waals surface area contributed by atoms with Crippen LogP contribution in [0.25, 0.3) is 0 Å². The fourth-order valence-corrected chi connectivity index (χ4v) is 4.13. The maximum atomic E-state index is 12.4. The largest absolute Gasteiger partial charge is 0.493 e. The molecular weight excluding hydrogens is 392 g/mol. The van der Waals surface area contributed by atoms with E-state index in [9.17, 15) is 10.1 Å². The van der Waals surface area contributed by atoms with E-state index in [1.165, 1.54) is 5.19 Å². The number of benzene rings is 2. The summed E-state index contributed by atoms with van der Waals surface area (Å²) in [6, 6.07) is 15.0. The van der Waals surface area contributed by atoms with Crippen molar-refractivity contribution in [3.05, 3.63) is 53.6 Å².